The fourth-order valence-electron chi connectivity index (χ4n) is 8.44. The molecule has 3 N–H and O–H groups in total. The Morgan fingerprint density at radius 3 is 2.22 bits per heavy atom. The number of amides is 4. The van der Waals surface area contributed by atoms with Crippen LogP contribution in [-0.4, -0.2) is 110 Å². The van der Waals surface area contributed by atoms with Gasteiger partial charge in [0.25, 0.3) is 31.7 Å². The van der Waals surface area contributed by atoms with Crippen molar-refractivity contribution >= 4 is 60.9 Å². The largest absolute Gasteiger partial charge is 0.501 e. The number of rotatable bonds is 15. The molecule has 0 saturated carbocycles. The molecule has 0 aliphatic carbocycles. The first-order valence-corrected chi connectivity index (χ1v) is 24.6. The van der Waals surface area contributed by atoms with Crippen molar-refractivity contribution in [2.24, 2.45) is 0 Å². The molecule has 4 aromatic rings. The number of nitrogens with zero attached hydrogens (tertiary/aromatic N) is 3. The molecule has 3 aliphatic heterocycles. The standard InChI is InChI=1S/C44H46F4N6O8S3/c1-27-22-52(24-31-19-30-25-54(43(58)35(30)21-36(31)45)38-15-16-40(55)50-42(38)57)23-28(2)53(27)18-17-32(26-63-33-11-7-4-8-12-33)49-37-14-13-34(20-39(37)64(59,60)44(46,47)48)65(61,62)51-41(56)29-9-5-3-6-10-29/h3-14,19-21,27-28,32,38,49H,15-18,22-26H2,1-2H3,(H,51,56)(H,50,55,57)/t27?,28?,32-,38?/m1/s1. The lowest BCUT2D eigenvalue weighted by atomic mass is 10.0. The van der Waals surface area contributed by atoms with Crippen molar-refractivity contribution in [3.8, 4) is 0 Å². The van der Waals surface area contributed by atoms with Crippen LogP contribution in [0, 0.1) is 5.82 Å². The first-order valence-electron chi connectivity index (χ1n) is 20.7. The average molecular weight is 959 g/mol. The molecule has 4 aromatic carbocycles. The summed E-state index contributed by atoms with van der Waals surface area (Å²) in [6, 6.07) is 19.8. The lowest BCUT2D eigenvalue weighted by Crippen LogP contribution is -2.56. The summed E-state index contributed by atoms with van der Waals surface area (Å²) < 4.78 is 113. The van der Waals surface area contributed by atoms with Gasteiger partial charge in [0.2, 0.25) is 11.8 Å². The van der Waals surface area contributed by atoms with Crippen LogP contribution in [0.25, 0.3) is 0 Å². The fraction of sp³-hybridized carbons (Fsp3) is 0.364. The molecule has 2 saturated heterocycles. The van der Waals surface area contributed by atoms with Crippen LogP contribution in [0.1, 0.15) is 65.0 Å². The maximum absolute atomic E-state index is 15.6. The SMILES string of the molecule is CC1CN(Cc2cc3c(cc2F)C(=O)N(C2CCC(=O)NC2=O)C3)CC(C)N1CC[C@H](CSc1ccccc1)Nc1ccc(S(=O)(=O)NC(=O)c2ccccc2)cc1S(=O)(=O)C(F)(F)F. The van der Waals surface area contributed by atoms with Gasteiger partial charge >= 0.3 is 5.51 Å². The van der Waals surface area contributed by atoms with E-state index in [1.54, 1.807) is 16.9 Å². The van der Waals surface area contributed by atoms with Gasteiger partial charge in [-0.1, -0.05) is 36.4 Å². The third-order valence-corrected chi connectivity index (χ3v) is 15.7. The van der Waals surface area contributed by atoms with Crippen molar-refractivity contribution in [2.75, 3.05) is 30.7 Å². The summed E-state index contributed by atoms with van der Waals surface area (Å²) in [6.07, 6.45) is 0.585. The number of alkyl halides is 3. The minimum absolute atomic E-state index is 0.0467. The molecular formula is C44H46F4N6O8S3. The summed E-state index contributed by atoms with van der Waals surface area (Å²) >= 11 is 1.39. The van der Waals surface area contributed by atoms with Gasteiger partial charge in [-0.3, -0.25) is 34.3 Å². The van der Waals surface area contributed by atoms with Gasteiger partial charge in [0.15, 0.2) is 0 Å². The Morgan fingerprint density at radius 2 is 1.57 bits per heavy atom. The van der Waals surface area contributed by atoms with E-state index in [1.807, 2.05) is 44.2 Å². The van der Waals surface area contributed by atoms with Crippen LogP contribution in [0.15, 0.2) is 106 Å². The van der Waals surface area contributed by atoms with Crippen molar-refractivity contribution in [1.29, 1.82) is 0 Å². The van der Waals surface area contributed by atoms with E-state index < -0.39 is 82.4 Å². The fourth-order valence-corrected chi connectivity index (χ4v) is 11.5. The van der Waals surface area contributed by atoms with Crippen molar-refractivity contribution in [3.05, 3.63) is 119 Å². The highest BCUT2D eigenvalue weighted by Gasteiger charge is 2.49. The minimum atomic E-state index is -6.12. The highest BCUT2D eigenvalue weighted by molar-refractivity contribution is 7.99. The zero-order chi connectivity index (χ0) is 46.8. The Morgan fingerprint density at radius 1 is 0.908 bits per heavy atom. The number of carbonyl (C=O) groups is 4. The molecule has 0 aromatic heterocycles. The molecule has 7 rings (SSSR count). The molecule has 3 heterocycles. The van der Waals surface area contributed by atoms with Crippen molar-refractivity contribution in [2.45, 2.75) is 90.6 Å². The number of fused-ring (bicyclic) bond motifs is 1. The molecule has 0 spiro atoms. The predicted molar refractivity (Wildman–Crippen MR) is 233 cm³/mol. The topological polar surface area (TPSA) is 182 Å². The molecule has 4 atom stereocenters. The highest BCUT2D eigenvalue weighted by atomic mass is 32.2. The van der Waals surface area contributed by atoms with Gasteiger partial charge < -0.3 is 10.2 Å². The van der Waals surface area contributed by atoms with E-state index in [4.69, 9.17) is 0 Å². The molecule has 14 nitrogen and oxygen atoms in total. The molecule has 0 radical (unpaired) electrons. The van der Waals surface area contributed by atoms with Crippen molar-refractivity contribution in [1.82, 2.24) is 24.7 Å². The smallest absolute Gasteiger partial charge is 0.380 e. The number of imide groups is 1. The van der Waals surface area contributed by atoms with Gasteiger partial charge in [-0.25, -0.2) is 25.9 Å². The van der Waals surface area contributed by atoms with Crippen LogP contribution in [-0.2, 0) is 42.5 Å². The van der Waals surface area contributed by atoms with Gasteiger partial charge in [0, 0.05) is 84.6 Å². The van der Waals surface area contributed by atoms with E-state index in [1.165, 1.54) is 47.0 Å². The lowest BCUT2D eigenvalue weighted by molar-refractivity contribution is -0.136. The molecular weight excluding hydrogens is 913 g/mol. The van der Waals surface area contributed by atoms with Gasteiger partial charge in [-0.2, -0.15) is 13.2 Å². The number of nitrogens with one attached hydrogen (secondary N) is 3. The van der Waals surface area contributed by atoms with Gasteiger partial charge in [0.1, 0.15) is 16.8 Å². The number of anilines is 1. The summed E-state index contributed by atoms with van der Waals surface area (Å²) in [4.78, 5) is 54.4. The maximum Gasteiger partial charge on any atom is 0.501 e. The molecule has 3 aliphatic rings. The van der Waals surface area contributed by atoms with Crippen molar-refractivity contribution in [3.63, 3.8) is 0 Å². The molecule has 21 heteroatoms. The van der Waals surface area contributed by atoms with Crippen LogP contribution in [0.2, 0.25) is 0 Å². The molecule has 65 heavy (non-hydrogen) atoms. The summed E-state index contributed by atoms with van der Waals surface area (Å²) in [6.45, 7) is 5.73. The monoisotopic (exact) mass is 958 g/mol. The number of piperazine rings is 1. The van der Waals surface area contributed by atoms with Gasteiger partial charge in [-0.15, -0.1) is 11.8 Å². The Balaban J connectivity index is 1.06. The lowest BCUT2D eigenvalue weighted by Gasteiger charge is -2.45. The van der Waals surface area contributed by atoms with Crippen LogP contribution in [0.4, 0.5) is 23.2 Å². The minimum Gasteiger partial charge on any atom is -0.380 e. The average Bonchev–Trinajstić information content (AvgIpc) is 3.56. The van der Waals surface area contributed by atoms with E-state index >= 15 is 4.39 Å². The van der Waals surface area contributed by atoms with Crippen LogP contribution in [0.3, 0.4) is 0 Å². The van der Waals surface area contributed by atoms with Crippen LogP contribution >= 0.6 is 11.8 Å². The number of sulfone groups is 1. The first-order chi connectivity index (χ1) is 30.7. The first kappa shape index (κ1) is 47.6. The number of sulfonamides is 1. The molecule has 0 bridgehead atoms. The van der Waals surface area contributed by atoms with Gasteiger partial charge in [-0.05, 0) is 86.8 Å². The zero-order valence-electron chi connectivity index (χ0n) is 35.2. The third kappa shape index (κ3) is 10.7. The van der Waals surface area contributed by atoms with Crippen molar-refractivity contribution < 1.29 is 53.6 Å². The van der Waals surface area contributed by atoms with Gasteiger partial charge in [0.05, 0.1) is 10.6 Å². The molecule has 4 amide bonds. The third-order valence-electron chi connectivity index (χ3n) is 11.7. The highest BCUT2D eigenvalue weighted by Crippen LogP contribution is 2.37. The van der Waals surface area contributed by atoms with E-state index in [2.05, 4.69) is 20.4 Å². The van der Waals surface area contributed by atoms with E-state index in [0.29, 0.717) is 43.2 Å². The number of hydrogen-bond acceptors (Lipinski definition) is 12. The summed E-state index contributed by atoms with van der Waals surface area (Å²) in [5.41, 5.74) is -5.19. The zero-order valence-corrected chi connectivity index (χ0v) is 37.6. The summed E-state index contributed by atoms with van der Waals surface area (Å²) in [7, 11) is -11.0. The number of benzene rings is 4. The summed E-state index contributed by atoms with van der Waals surface area (Å²) in [5.74, 6) is -2.80. The Labute approximate surface area is 378 Å². The number of halogens is 4. The number of thioether (sulfide) groups is 1. The molecule has 346 valence electrons. The van der Waals surface area contributed by atoms with Crippen LogP contribution in [0.5, 0.6) is 0 Å². The number of piperidine rings is 1. The van der Waals surface area contributed by atoms with E-state index in [9.17, 15) is 49.2 Å². The second kappa shape index (κ2) is 19.2. The van der Waals surface area contributed by atoms with Crippen LogP contribution < -0.4 is 15.4 Å². The van der Waals surface area contributed by atoms with E-state index in [0.717, 1.165) is 17.0 Å². The summed E-state index contributed by atoms with van der Waals surface area (Å²) in [5, 5.41) is 5.24. The number of hydrogen-bond donors (Lipinski definition) is 3. The number of carbonyl (C=O) groups excluding carboxylic acids is 4. The molecule has 2 fully saturated rings. The Hall–Kier alpha value is -5.35. The second-order valence-electron chi connectivity index (χ2n) is 16.3. The quantitative estimate of drug-likeness (QED) is 0.0769. The van der Waals surface area contributed by atoms with E-state index in [-0.39, 0.29) is 54.9 Å². The Kier molecular flexibility index (Phi) is 14.1. The Bertz CT molecular complexity index is 2680. The maximum atomic E-state index is 15.6. The normalized spacial score (nSPS) is 20.3. The second-order valence-corrected chi connectivity index (χ2v) is 21.0. The molecule has 3 unspecified atom stereocenters. The predicted octanol–water partition coefficient (Wildman–Crippen LogP) is 5.56.